The first-order valence-corrected chi connectivity index (χ1v) is 13.3. The van der Waals surface area contributed by atoms with E-state index in [0.29, 0.717) is 0 Å². The van der Waals surface area contributed by atoms with Crippen LogP contribution < -0.4 is 5.01 Å². The second-order valence-corrected chi connectivity index (χ2v) is 10.5. The SMILES string of the molecule is Cc1ccc(C=C2CN(Cc3ccc(F)cc3)CC3C2=NN(c2ccccc2)C3c2ccc(C)cc2)cc1. The summed E-state index contributed by atoms with van der Waals surface area (Å²) in [5, 5.41) is 7.53. The van der Waals surface area contributed by atoms with Crippen molar-refractivity contribution in [3.63, 3.8) is 0 Å². The second kappa shape index (κ2) is 10.4. The minimum absolute atomic E-state index is 0.0884. The van der Waals surface area contributed by atoms with Crippen LogP contribution in [0.15, 0.2) is 114 Å². The molecule has 0 bridgehead atoms. The van der Waals surface area contributed by atoms with Gasteiger partial charge in [0.05, 0.1) is 17.4 Å². The number of piperidine rings is 1. The van der Waals surface area contributed by atoms with E-state index >= 15 is 0 Å². The topological polar surface area (TPSA) is 18.8 Å². The van der Waals surface area contributed by atoms with Crippen LogP contribution in [-0.2, 0) is 6.54 Å². The Labute approximate surface area is 224 Å². The van der Waals surface area contributed by atoms with Crippen molar-refractivity contribution in [1.82, 2.24) is 4.90 Å². The van der Waals surface area contributed by atoms with Gasteiger partial charge in [0.15, 0.2) is 0 Å². The molecule has 0 spiro atoms. The molecule has 0 N–H and O–H groups in total. The zero-order valence-electron chi connectivity index (χ0n) is 21.9. The first-order valence-electron chi connectivity index (χ1n) is 13.3. The molecule has 2 aliphatic rings. The van der Waals surface area contributed by atoms with Gasteiger partial charge < -0.3 is 0 Å². The van der Waals surface area contributed by atoms with E-state index in [-0.39, 0.29) is 17.8 Å². The van der Waals surface area contributed by atoms with Crippen LogP contribution in [0.1, 0.15) is 33.9 Å². The molecule has 4 aromatic carbocycles. The number of anilines is 1. The van der Waals surface area contributed by atoms with Gasteiger partial charge in [-0.15, -0.1) is 0 Å². The molecule has 1 fully saturated rings. The fraction of sp³-hybridized carbons (Fsp3) is 0.206. The number of para-hydroxylation sites is 1. The molecule has 0 amide bonds. The summed E-state index contributed by atoms with van der Waals surface area (Å²) < 4.78 is 13.6. The van der Waals surface area contributed by atoms with Crippen molar-refractivity contribution < 1.29 is 4.39 Å². The average molecular weight is 502 g/mol. The first-order chi connectivity index (χ1) is 18.5. The molecule has 0 saturated carbocycles. The Morgan fingerprint density at radius 2 is 1.47 bits per heavy atom. The largest absolute Gasteiger partial charge is 0.294 e. The number of hydrazone groups is 1. The standard InChI is InChI=1S/C34H32FN3/c1-24-8-12-26(13-9-24)20-29-22-37(21-27-14-18-30(35)19-15-27)23-32-33(29)36-38(31-6-4-3-5-7-31)34(32)28-16-10-25(2)11-17-28/h3-20,32,34H,21-23H2,1-2H3. The number of nitrogens with zero attached hydrogens (tertiary/aromatic N) is 3. The van der Waals surface area contributed by atoms with E-state index in [1.807, 2.05) is 18.2 Å². The molecule has 2 unspecified atom stereocenters. The quantitative estimate of drug-likeness (QED) is 0.281. The molecule has 6 rings (SSSR count). The summed E-state index contributed by atoms with van der Waals surface area (Å²) in [5.41, 5.74) is 9.56. The van der Waals surface area contributed by atoms with Crippen molar-refractivity contribution in [3.8, 4) is 0 Å². The number of hydrogen-bond donors (Lipinski definition) is 0. The lowest BCUT2D eigenvalue weighted by molar-refractivity contribution is 0.245. The molecule has 38 heavy (non-hydrogen) atoms. The fourth-order valence-corrected chi connectivity index (χ4v) is 5.61. The van der Waals surface area contributed by atoms with E-state index in [1.165, 1.54) is 27.8 Å². The fourth-order valence-electron chi connectivity index (χ4n) is 5.61. The Kier molecular flexibility index (Phi) is 6.65. The summed E-state index contributed by atoms with van der Waals surface area (Å²) in [6.07, 6.45) is 2.29. The van der Waals surface area contributed by atoms with Gasteiger partial charge in [0, 0.05) is 25.6 Å². The van der Waals surface area contributed by atoms with Crippen LogP contribution in [0.5, 0.6) is 0 Å². The molecule has 0 aliphatic carbocycles. The Bertz CT molecular complexity index is 1460. The van der Waals surface area contributed by atoms with Gasteiger partial charge in [-0.3, -0.25) is 9.91 Å². The molecule has 0 radical (unpaired) electrons. The lowest BCUT2D eigenvalue weighted by Gasteiger charge is -2.36. The Morgan fingerprint density at radius 3 is 2.16 bits per heavy atom. The smallest absolute Gasteiger partial charge is 0.123 e. The zero-order valence-corrected chi connectivity index (χ0v) is 21.9. The molecule has 3 nitrogen and oxygen atoms in total. The molecule has 2 aliphatic heterocycles. The minimum atomic E-state index is -0.199. The Morgan fingerprint density at radius 1 is 0.816 bits per heavy atom. The predicted octanol–water partition coefficient (Wildman–Crippen LogP) is 7.58. The number of fused-ring (bicyclic) bond motifs is 1. The summed E-state index contributed by atoms with van der Waals surface area (Å²) in [6, 6.07) is 35.0. The maximum absolute atomic E-state index is 13.6. The lowest BCUT2D eigenvalue weighted by Crippen LogP contribution is -2.43. The van der Waals surface area contributed by atoms with Crippen LogP contribution in [0.3, 0.4) is 0 Å². The summed E-state index contributed by atoms with van der Waals surface area (Å²) in [4.78, 5) is 2.48. The van der Waals surface area contributed by atoms with Crippen LogP contribution in [0.2, 0.25) is 0 Å². The summed E-state index contributed by atoms with van der Waals surface area (Å²) in [7, 11) is 0. The molecule has 4 heteroatoms. The van der Waals surface area contributed by atoms with Gasteiger partial charge in [0.2, 0.25) is 0 Å². The van der Waals surface area contributed by atoms with Crippen LogP contribution in [0, 0.1) is 25.6 Å². The minimum Gasteiger partial charge on any atom is -0.294 e. The Balaban J connectivity index is 1.43. The summed E-state index contributed by atoms with van der Waals surface area (Å²) >= 11 is 0. The maximum atomic E-state index is 13.6. The van der Waals surface area contributed by atoms with E-state index in [4.69, 9.17) is 5.10 Å². The molecule has 190 valence electrons. The van der Waals surface area contributed by atoms with E-state index in [1.54, 1.807) is 12.1 Å². The zero-order chi connectivity index (χ0) is 26.1. The highest BCUT2D eigenvalue weighted by atomic mass is 19.1. The highest BCUT2D eigenvalue weighted by Crippen LogP contribution is 2.43. The molecular weight excluding hydrogens is 469 g/mol. The predicted molar refractivity (Wildman–Crippen MR) is 155 cm³/mol. The van der Waals surface area contributed by atoms with E-state index in [9.17, 15) is 4.39 Å². The van der Waals surface area contributed by atoms with Gasteiger partial charge in [-0.25, -0.2) is 4.39 Å². The molecule has 1 saturated heterocycles. The third-order valence-corrected chi connectivity index (χ3v) is 7.57. The van der Waals surface area contributed by atoms with E-state index < -0.39 is 0 Å². The number of aryl methyl sites for hydroxylation is 2. The Hall–Kier alpha value is -4.02. The van der Waals surface area contributed by atoms with Gasteiger partial charge in [-0.2, -0.15) is 5.10 Å². The molecular formula is C34H32FN3. The first kappa shape index (κ1) is 24.3. The summed E-state index contributed by atoms with van der Waals surface area (Å²) in [6.45, 7) is 6.68. The second-order valence-electron chi connectivity index (χ2n) is 10.5. The maximum Gasteiger partial charge on any atom is 0.123 e. The van der Waals surface area contributed by atoms with Crippen molar-refractivity contribution in [3.05, 3.63) is 142 Å². The normalized spacial score (nSPS) is 20.4. The number of likely N-dealkylation sites (tertiary alicyclic amines) is 1. The average Bonchev–Trinajstić information content (AvgIpc) is 3.32. The van der Waals surface area contributed by atoms with Crippen LogP contribution in [0.4, 0.5) is 10.1 Å². The highest BCUT2D eigenvalue weighted by Gasteiger charge is 2.44. The third kappa shape index (κ3) is 5.05. The third-order valence-electron chi connectivity index (χ3n) is 7.57. The van der Waals surface area contributed by atoms with Gasteiger partial charge in [-0.1, -0.05) is 90.0 Å². The monoisotopic (exact) mass is 501 g/mol. The van der Waals surface area contributed by atoms with Gasteiger partial charge >= 0.3 is 0 Å². The number of rotatable bonds is 5. The summed E-state index contributed by atoms with van der Waals surface area (Å²) in [5.74, 6) is -0.000639. The van der Waals surface area contributed by atoms with Gasteiger partial charge in [-0.05, 0) is 66.5 Å². The van der Waals surface area contributed by atoms with Crippen LogP contribution in [0.25, 0.3) is 6.08 Å². The van der Waals surface area contributed by atoms with E-state index in [0.717, 1.165) is 36.6 Å². The number of benzene rings is 4. The van der Waals surface area contributed by atoms with Crippen LogP contribution in [-0.4, -0.2) is 23.7 Å². The lowest BCUT2D eigenvalue weighted by atomic mass is 9.82. The van der Waals surface area contributed by atoms with Gasteiger partial charge in [0.1, 0.15) is 5.82 Å². The van der Waals surface area contributed by atoms with Crippen molar-refractivity contribution in [1.29, 1.82) is 0 Å². The highest BCUT2D eigenvalue weighted by molar-refractivity contribution is 6.09. The molecule has 2 heterocycles. The number of hydrogen-bond acceptors (Lipinski definition) is 3. The van der Waals surface area contributed by atoms with Crippen LogP contribution >= 0.6 is 0 Å². The van der Waals surface area contributed by atoms with Crippen molar-refractivity contribution >= 4 is 17.5 Å². The molecule has 2 atom stereocenters. The van der Waals surface area contributed by atoms with Gasteiger partial charge in [0.25, 0.3) is 0 Å². The molecule has 4 aromatic rings. The van der Waals surface area contributed by atoms with Crippen molar-refractivity contribution in [2.45, 2.75) is 26.4 Å². The van der Waals surface area contributed by atoms with E-state index in [2.05, 4.69) is 103 Å². The molecule has 0 aromatic heterocycles. The number of halogens is 1. The van der Waals surface area contributed by atoms with Crippen molar-refractivity contribution in [2.75, 3.05) is 18.1 Å². The van der Waals surface area contributed by atoms with Crippen molar-refractivity contribution in [2.24, 2.45) is 11.0 Å².